The molecule has 1 aliphatic rings. The van der Waals surface area contributed by atoms with Crippen LogP contribution in [0.3, 0.4) is 0 Å². The maximum absolute atomic E-state index is 12.7. The summed E-state index contributed by atoms with van der Waals surface area (Å²) in [6.07, 6.45) is 5.42. The monoisotopic (exact) mass is 398 g/mol. The van der Waals surface area contributed by atoms with Gasteiger partial charge in [-0.3, -0.25) is 4.79 Å². The molecule has 0 atom stereocenters. The van der Waals surface area contributed by atoms with Crippen LogP contribution in [0.1, 0.15) is 24.0 Å². The molecule has 0 heterocycles. The van der Waals surface area contributed by atoms with Gasteiger partial charge in [-0.1, -0.05) is 28.1 Å². The molecular formula is C21H19BrO3. The van der Waals surface area contributed by atoms with Crippen molar-refractivity contribution < 1.29 is 14.3 Å². The average Bonchev–Trinajstić information content (AvgIpc) is 2.96. The summed E-state index contributed by atoms with van der Waals surface area (Å²) in [4.78, 5) is 12.7. The fraction of sp³-hybridized carbons (Fsp3) is 0.190. The van der Waals surface area contributed by atoms with Gasteiger partial charge in [0.25, 0.3) is 0 Å². The van der Waals surface area contributed by atoms with Crippen LogP contribution in [0, 0.1) is 0 Å². The topological polar surface area (TPSA) is 35.5 Å². The number of carbonyl (C=O) groups is 1. The zero-order valence-electron chi connectivity index (χ0n) is 14.2. The van der Waals surface area contributed by atoms with Crippen LogP contribution in [-0.2, 0) is 4.79 Å². The van der Waals surface area contributed by atoms with Gasteiger partial charge in [0, 0.05) is 21.7 Å². The van der Waals surface area contributed by atoms with Crippen molar-refractivity contribution in [1.82, 2.24) is 0 Å². The van der Waals surface area contributed by atoms with E-state index < -0.39 is 0 Å². The first-order valence-electron chi connectivity index (χ1n) is 8.03. The zero-order chi connectivity index (χ0) is 17.8. The highest BCUT2D eigenvalue weighted by Gasteiger charge is 2.23. The molecule has 0 radical (unpaired) electrons. The Morgan fingerprint density at radius 1 is 0.840 bits per heavy atom. The Labute approximate surface area is 156 Å². The molecule has 128 valence electrons. The summed E-state index contributed by atoms with van der Waals surface area (Å²) in [5.41, 5.74) is 3.61. The third-order valence-electron chi connectivity index (χ3n) is 4.17. The molecule has 2 aromatic carbocycles. The molecular weight excluding hydrogens is 380 g/mol. The molecule has 25 heavy (non-hydrogen) atoms. The normalized spacial score (nSPS) is 17.3. The second-order valence-corrected chi connectivity index (χ2v) is 6.78. The van der Waals surface area contributed by atoms with Gasteiger partial charge in [-0.15, -0.1) is 0 Å². The van der Waals surface area contributed by atoms with E-state index in [2.05, 4.69) is 15.9 Å². The Hall–Kier alpha value is -2.33. The summed E-state index contributed by atoms with van der Waals surface area (Å²) >= 11 is 3.42. The van der Waals surface area contributed by atoms with E-state index in [1.54, 1.807) is 14.2 Å². The number of hydrogen-bond acceptors (Lipinski definition) is 3. The molecule has 2 aromatic rings. The number of carbonyl (C=O) groups excluding carboxylic acids is 1. The number of halogens is 1. The van der Waals surface area contributed by atoms with Gasteiger partial charge in [-0.2, -0.15) is 0 Å². The van der Waals surface area contributed by atoms with E-state index in [1.807, 2.05) is 54.6 Å². The average molecular weight is 399 g/mol. The summed E-state index contributed by atoms with van der Waals surface area (Å²) < 4.78 is 11.6. The van der Waals surface area contributed by atoms with Crippen molar-refractivity contribution in [2.24, 2.45) is 0 Å². The largest absolute Gasteiger partial charge is 0.497 e. The summed E-state index contributed by atoms with van der Waals surface area (Å²) in [6, 6.07) is 13.6. The third-order valence-corrected chi connectivity index (χ3v) is 4.70. The van der Waals surface area contributed by atoms with Crippen LogP contribution in [-0.4, -0.2) is 20.0 Å². The molecule has 3 nitrogen and oxygen atoms in total. The van der Waals surface area contributed by atoms with Crippen LogP contribution in [0.15, 0.2) is 58.1 Å². The quantitative estimate of drug-likeness (QED) is 0.655. The fourth-order valence-electron chi connectivity index (χ4n) is 2.85. The van der Waals surface area contributed by atoms with Gasteiger partial charge in [-0.25, -0.2) is 0 Å². The lowest BCUT2D eigenvalue weighted by molar-refractivity contribution is -0.111. The van der Waals surface area contributed by atoms with Gasteiger partial charge in [-0.05, 0) is 60.4 Å². The van der Waals surface area contributed by atoms with Gasteiger partial charge in [0.05, 0.1) is 14.2 Å². The molecule has 0 amide bonds. The van der Waals surface area contributed by atoms with Gasteiger partial charge in [0.1, 0.15) is 11.5 Å². The molecule has 1 aliphatic carbocycles. The van der Waals surface area contributed by atoms with Crippen molar-refractivity contribution in [2.45, 2.75) is 12.8 Å². The van der Waals surface area contributed by atoms with E-state index in [-0.39, 0.29) is 5.78 Å². The van der Waals surface area contributed by atoms with Crippen LogP contribution in [0.2, 0.25) is 0 Å². The summed E-state index contributed by atoms with van der Waals surface area (Å²) in [7, 11) is 3.23. The number of rotatable bonds is 4. The third kappa shape index (κ3) is 4.20. The first-order chi connectivity index (χ1) is 12.1. The predicted octanol–water partition coefficient (Wildman–Crippen LogP) is 5.30. The number of Topliss-reactive ketones (excluding diaryl/α,β-unsaturated/α-hetero) is 1. The fourth-order valence-corrected chi connectivity index (χ4v) is 3.12. The first-order valence-corrected chi connectivity index (χ1v) is 8.83. The van der Waals surface area contributed by atoms with Gasteiger partial charge in [0.2, 0.25) is 0 Å². The van der Waals surface area contributed by atoms with E-state index in [4.69, 9.17) is 9.47 Å². The number of hydrogen-bond donors (Lipinski definition) is 0. The van der Waals surface area contributed by atoms with Crippen molar-refractivity contribution >= 4 is 33.9 Å². The highest BCUT2D eigenvalue weighted by Crippen LogP contribution is 2.31. The van der Waals surface area contributed by atoms with Crippen molar-refractivity contribution in [3.05, 3.63) is 69.2 Å². The van der Waals surface area contributed by atoms with Crippen LogP contribution in [0.4, 0.5) is 0 Å². The molecule has 0 aromatic heterocycles. The zero-order valence-corrected chi connectivity index (χ0v) is 15.8. The Balaban J connectivity index is 1.86. The Kier molecular flexibility index (Phi) is 5.39. The molecule has 0 N–H and O–H groups in total. The summed E-state index contributed by atoms with van der Waals surface area (Å²) in [5, 5.41) is 0. The maximum atomic E-state index is 12.7. The highest BCUT2D eigenvalue weighted by atomic mass is 79.9. The van der Waals surface area contributed by atoms with Crippen molar-refractivity contribution in [3.8, 4) is 11.5 Å². The molecule has 0 aliphatic heterocycles. The molecule has 0 unspecified atom stereocenters. The number of methoxy groups -OCH3 is 2. The summed E-state index contributed by atoms with van der Waals surface area (Å²) in [5.74, 6) is 1.54. The minimum atomic E-state index is 0.115. The molecule has 4 heteroatoms. The number of ketones is 1. The van der Waals surface area contributed by atoms with Gasteiger partial charge in [0.15, 0.2) is 5.78 Å². The molecule has 0 bridgehead atoms. The van der Waals surface area contributed by atoms with Crippen LogP contribution >= 0.6 is 15.9 Å². The minimum absolute atomic E-state index is 0.115. The molecule has 3 rings (SSSR count). The van der Waals surface area contributed by atoms with Crippen molar-refractivity contribution in [2.75, 3.05) is 14.2 Å². The standard InChI is InChI=1S/C21H19BrO3/c1-24-19-11-15(12-20(13-19)25-2)10-17-6-5-16(21(17)23)9-14-3-7-18(22)8-4-14/h3-4,7-13H,5-6H2,1-2H3/b16-9+,17-10?. The van der Waals surface area contributed by atoms with E-state index in [0.717, 1.165) is 39.6 Å². The van der Waals surface area contributed by atoms with Crippen molar-refractivity contribution in [3.63, 3.8) is 0 Å². The van der Waals surface area contributed by atoms with Crippen LogP contribution < -0.4 is 9.47 Å². The Bertz CT molecular complexity index is 826. The second-order valence-electron chi connectivity index (χ2n) is 5.87. The summed E-state index contributed by atoms with van der Waals surface area (Å²) in [6.45, 7) is 0. The second kappa shape index (κ2) is 7.70. The van der Waals surface area contributed by atoms with E-state index in [0.29, 0.717) is 11.5 Å². The number of benzene rings is 2. The number of allylic oxidation sites excluding steroid dienone is 2. The van der Waals surface area contributed by atoms with Crippen LogP contribution in [0.5, 0.6) is 11.5 Å². The molecule has 1 saturated carbocycles. The lowest BCUT2D eigenvalue weighted by Crippen LogP contribution is -1.96. The lowest BCUT2D eigenvalue weighted by atomic mass is 10.1. The minimum Gasteiger partial charge on any atom is -0.497 e. The van der Waals surface area contributed by atoms with Crippen LogP contribution in [0.25, 0.3) is 12.2 Å². The smallest absolute Gasteiger partial charge is 0.185 e. The lowest BCUT2D eigenvalue weighted by Gasteiger charge is -2.06. The maximum Gasteiger partial charge on any atom is 0.185 e. The molecule has 0 spiro atoms. The van der Waals surface area contributed by atoms with Gasteiger partial charge >= 0.3 is 0 Å². The highest BCUT2D eigenvalue weighted by molar-refractivity contribution is 9.10. The molecule has 1 fully saturated rings. The van der Waals surface area contributed by atoms with E-state index in [9.17, 15) is 4.79 Å². The van der Waals surface area contributed by atoms with E-state index in [1.165, 1.54) is 0 Å². The molecule has 0 saturated heterocycles. The van der Waals surface area contributed by atoms with E-state index >= 15 is 0 Å². The number of ether oxygens (including phenoxy) is 2. The Morgan fingerprint density at radius 3 is 1.88 bits per heavy atom. The first kappa shape index (κ1) is 17.5. The SMILES string of the molecule is COc1cc(C=C2CC/C(=C\c3ccc(Br)cc3)C2=O)cc(OC)c1. The van der Waals surface area contributed by atoms with Gasteiger partial charge < -0.3 is 9.47 Å². The predicted molar refractivity (Wildman–Crippen MR) is 104 cm³/mol. The van der Waals surface area contributed by atoms with Crippen molar-refractivity contribution in [1.29, 1.82) is 0 Å². The Morgan fingerprint density at radius 2 is 1.36 bits per heavy atom.